The first-order chi connectivity index (χ1) is 5.14. The quantitative estimate of drug-likeness (QED) is 0.617. The lowest BCUT2D eigenvalue weighted by Gasteiger charge is -2.30. The summed E-state index contributed by atoms with van der Waals surface area (Å²) in [7, 11) is 0. The van der Waals surface area contributed by atoms with Gasteiger partial charge in [-0.1, -0.05) is 33.6 Å². The molecule has 0 radical (unpaired) electrons. The van der Waals surface area contributed by atoms with Crippen LogP contribution in [0, 0.1) is 5.92 Å². The highest BCUT2D eigenvalue weighted by Crippen LogP contribution is 2.22. The molecular formula is C9H19NO. The molecule has 66 valence electrons. The smallest absolute Gasteiger partial charge is 0.140 e. The van der Waals surface area contributed by atoms with E-state index in [0.717, 1.165) is 25.5 Å². The highest BCUT2D eigenvalue weighted by molar-refractivity contribution is 5.64. The van der Waals surface area contributed by atoms with Crippen LogP contribution in [0.2, 0.25) is 0 Å². The molecule has 1 unspecified atom stereocenters. The molecule has 11 heavy (non-hydrogen) atoms. The van der Waals surface area contributed by atoms with E-state index in [-0.39, 0.29) is 0 Å². The Bertz CT molecular complexity index is 121. The Kier molecular flexibility index (Phi) is 4.34. The van der Waals surface area contributed by atoms with Crippen LogP contribution in [0.1, 0.15) is 40.0 Å². The van der Waals surface area contributed by atoms with Gasteiger partial charge in [-0.25, -0.2) is 0 Å². The Morgan fingerprint density at radius 3 is 1.91 bits per heavy atom. The summed E-state index contributed by atoms with van der Waals surface area (Å²) in [6, 6.07) is 0. The van der Waals surface area contributed by atoms with Crippen LogP contribution >= 0.6 is 0 Å². The molecule has 0 spiro atoms. The van der Waals surface area contributed by atoms with E-state index in [9.17, 15) is 4.79 Å². The Hall–Kier alpha value is -0.370. The van der Waals surface area contributed by atoms with Crippen LogP contribution in [0.4, 0.5) is 0 Å². The number of hydrogen-bond acceptors (Lipinski definition) is 2. The molecule has 0 aliphatic rings. The van der Waals surface area contributed by atoms with Gasteiger partial charge in [0, 0.05) is 0 Å². The number of rotatable bonds is 5. The van der Waals surface area contributed by atoms with Crippen LogP contribution in [-0.2, 0) is 4.79 Å². The Morgan fingerprint density at radius 2 is 1.82 bits per heavy atom. The predicted octanol–water partition coefficient (Wildman–Crippen LogP) is 1.73. The molecule has 0 aliphatic carbocycles. The van der Waals surface area contributed by atoms with Crippen molar-refractivity contribution in [3.05, 3.63) is 0 Å². The minimum atomic E-state index is -0.580. The number of nitrogens with two attached hydrogens (primary N) is 1. The summed E-state index contributed by atoms with van der Waals surface area (Å²) in [5.41, 5.74) is 5.31. The largest absolute Gasteiger partial charge is 0.319 e. The summed E-state index contributed by atoms with van der Waals surface area (Å²) in [6.07, 6.45) is 3.62. The van der Waals surface area contributed by atoms with Gasteiger partial charge < -0.3 is 10.5 Å². The maximum absolute atomic E-state index is 10.7. The molecule has 2 N–H and O–H groups in total. The number of carbonyl (C=O) groups is 1. The maximum atomic E-state index is 10.7. The second-order valence-corrected chi connectivity index (χ2v) is 3.10. The summed E-state index contributed by atoms with van der Waals surface area (Å²) in [5.74, 6) is 0.338. The fourth-order valence-electron chi connectivity index (χ4n) is 1.52. The van der Waals surface area contributed by atoms with Crippen molar-refractivity contribution in [1.82, 2.24) is 0 Å². The monoisotopic (exact) mass is 157 g/mol. The van der Waals surface area contributed by atoms with E-state index in [0.29, 0.717) is 5.92 Å². The third-order valence-corrected chi connectivity index (χ3v) is 2.58. The van der Waals surface area contributed by atoms with E-state index in [1.807, 2.05) is 6.92 Å². The van der Waals surface area contributed by atoms with Crippen molar-refractivity contribution in [2.75, 3.05) is 0 Å². The first-order valence-corrected chi connectivity index (χ1v) is 4.39. The van der Waals surface area contributed by atoms with Gasteiger partial charge in [0.2, 0.25) is 0 Å². The molecule has 2 nitrogen and oxygen atoms in total. The first-order valence-electron chi connectivity index (χ1n) is 4.39. The SMILES string of the molecule is CCC(CC)C(N)(C=O)CC. The molecule has 0 saturated carbocycles. The Labute approximate surface area is 69.2 Å². The standard InChI is InChI=1S/C9H19NO/c1-4-8(5-2)9(10,6-3)7-11/h7-8H,4-6,10H2,1-3H3. The Balaban J connectivity index is 4.31. The van der Waals surface area contributed by atoms with E-state index < -0.39 is 5.54 Å². The van der Waals surface area contributed by atoms with Gasteiger partial charge in [0.05, 0.1) is 5.54 Å². The first kappa shape index (κ1) is 10.6. The van der Waals surface area contributed by atoms with Crippen molar-refractivity contribution in [1.29, 1.82) is 0 Å². The predicted molar refractivity (Wildman–Crippen MR) is 47.3 cm³/mol. The van der Waals surface area contributed by atoms with E-state index in [2.05, 4.69) is 13.8 Å². The number of carbonyl (C=O) groups excluding carboxylic acids is 1. The normalized spacial score (nSPS) is 16.5. The van der Waals surface area contributed by atoms with Crippen LogP contribution < -0.4 is 5.73 Å². The fraction of sp³-hybridized carbons (Fsp3) is 0.889. The zero-order chi connectivity index (χ0) is 8.91. The molecule has 0 amide bonds. The summed E-state index contributed by atoms with van der Waals surface area (Å²) < 4.78 is 0. The third-order valence-electron chi connectivity index (χ3n) is 2.58. The van der Waals surface area contributed by atoms with Gasteiger partial charge in [0.25, 0.3) is 0 Å². The van der Waals surface area contributed by atoms with Crippen molar-refractivity contribution in [2.45, 2.75) is 45.6 Å². The van der Waals surface area contributed by atoms with E-state index in [1.165, 1.54) is 0 Å². The lowest BCUT2D eigenvalue weighted by atomic mass is 9.80. The molecule has 0 fully saturated rings. The molecular weight excluding hydrogens is 138 g/mol. The van der Waals surface area contributed by atoms with Crippen LogP contribution in [0.15, 0.2) is 0 Å². The zero-order valence-corrected chi connectivity index (χ0v) is 7.76. The minimum Gasteiger partial charge on any atom is -0.319 e. The highest BCUT2D eigenvalue weighted by Gasteiger charge is 2.29. The average molecular weight is 157 g/mol. The van der Waals surface area contributed by atoms with Crippen molar-refractivity contribution in [3.8, 4) is 0 Å². The number of aldehydes is 1. The molecule has 0 rings (SSSR count). The second kappa shape index (κ2) is 4.50. The summed E-state index contributed by atoms with van der Waals surface area (Å²) in [6.45, 7) is 6.12. The summed E-state index contributed by atoms with van der Waals surface area (Å²) >= 11 is 0. The van der Waals surface area contributed by atoms with Crippen molar-refractivity contribution < 1.29 is 4.79 Å². The van der Waals surface area contributed by atoms with Gasteiger partial charge in [0.15, 0.2) is 0 Å². The van der Waals surface area contributed by atoms with E-state index in [1.54, 1.807) is 0 Å². The average Bonchev–Trinajstić information content (AvgIpc) is 2.06. The van der Waals surface area contributed by atoms with Crippen LogP contribution in [0.3, 0.4) is 0 Å². The minimum absolute atomic E-state index is 0.338. The van der Waals surface area contributed by atoms with Gasteiger partial charge in [-0.15, -0.1) is 0 Å². The third kappa shape index (κ3) is 2.29. The van der Waals surface area contributed by atoms with Crippen molar-refractivity contribution in [2.24, 2.45) is 11.7 Å². The molecule has 0 aromatic heterocycles. The van der Waals surface area contributed by atoms with Crippen molar-refractivity contribution >= 4 is 6.29 Å². The molecule has 0 aromatic rings. The van der Waals surface area contributed by atoms with Gasteiger partial charge in [-0.2, -0.15) is 0 Å². The summed E-state index contributed by atoms with van der Waals surface area (Å²) in [5, 5.41) is 0. The van der Waals surface area contributed by atoms with Crippen LogP contribution in [0.5, 0.6) is 0 Å². The highest BCUT2D eigenvalue weighted by atomic mass is 16.1. The molecule has 0 heterocycles. The van der Waals surface area contributed by atoms with Gasteiger partial charge >= 0.3 is 0 Å². The van der Waals surface area contributed by atoms with Gasteiger partial charge in [-0.05, 0) is 12.3 Å². The topological polar surface area (TPSA) is 43.1 Å². The zero-order valence-electron chi connectivity index (χ0n) is 7.76. The van der Waals surface area contributed by atoms with E-state index >= 15 is 0 Å². The van der Waals surface area contributed by atoms with Crippen LogP contribution in [-0.4, -0.2) is 11.8 Å². The maximum Gasteiger partial charge on any atom is 0.140 e. The van der Waals surface area contributed by atoms with Gasteiger partial charge in [-0.3, -0.25) is 0 Å². The molecule has 0 aromatic carbocycles. The molecule has 0 aliphatic heterocycles. The molecule has 0 bridgehead atoms. The van der Waals surface area contributed by atoms with E-state index in [4.69, 9.17) is 5.73 Å². The molecule has 0 saturated heterocycles. The summed E-state index contributed by atoms with van der Waals surface area (Å²) in [4.78, 5) is 10.7. The molecule has 2 heteroatoms. The van der Waals surface area contributed by atoms with Gasteiger partial charge in [0.1, 0.15) is 6.29 Å². The second-order valence-electron chi connectivity index (χ2n) is 3.10. The lowest BCUT2D eigenvalue weighted by molar-refractivity contribution is -0.114. The lowest BCUT2D eigenvalue weighted by Crippen LogP contribution is -2.47. The Morgan fingerprint density at radius 1 is 1.36 bits per heavy atom. The number of hydrogen-bond donors (Lipinski definition) is 1. The fourth-order valence-corrected chi connectivity index (χ4v) is 1.52. The van der Waals surface area contributed by atoms with Crippen LogP contribution in [0.25, 0.3) is 0 Å². The molecule has 1 atom stereocenters. The van der Waals surface area contributed by atoms with Crippen molar-refractivity contribution in [3.63, 3.8) is 0 Å².